The smallest absolute Gasteiger partial charge is 0.249 e. The summed E-state index contributed by atoms with van der Waals surface area (Å²) in [7, 11) is 0. The molecule has 5 heteroatoms. The van der Waals surface area contributed by atoms with Crippen molar-refractivity contribution >= 4 is 11.8 Å². The third-order valence-corrected chi connectivity index (χ3v) is 2.52. The molecule has 58 valence electrons. The quantitative estimate of drug-likeness (QED) is 0.464. The van der Waals surface area contributed by atoms with Gasteiger partial charge in [0.25, 0.3) is 0 Å². The van der Waals surface area contributed by atoms with E-state index in [4.69, 9.17) is 10.5 Å². The Kier molecular flexibility index (Phi) is 0.843. The molecule has 0 aromatic heterocycles. The molecule has 0 unspecified atom stereocenters. The van der Waals surface area contributed by atoms with Crippen LogP contribution < -0.4 is 5.32 Å². The fraction of sp³-hybridized carbons (Fsp3) is 0.429. The maximum Gasteiger partial charge on any atom is 0.249 e. The van der Waals surface area contributed by atoms with E-state index in [1.807, 2.05) is 5.32 Å². The first kappa shape index (κ1) is 6.81. The lowest BCUT2D eigenvalue weighted by molar-refractivity contribution is -0.128. The Morgan fingerprint density at radius 1 is 1.17 bits per heavy atom. The molecule has 1 saturated carbocycles. The van der Waals surface area contributed by atoms with E-state index in [0.717, 1.165) is 0 Å². The van der Waals surface area contributed by atoms with Crippen LogP contribution in [-0.4, -0.2) is 11.8 Å². The summed E-state index contributed by atoms with van der Waals surface area (Å²) in [6, 6.07) is 3.46. The summed E-state index contributed by atoms with van der Waals surface area (Å²) in [6.07, 6.45) is 0.0532. The van der Waals surface area contributed by atoms with Crippen molar-refractivity contribution in [1.82, 2.24) is 5.32 Å². The van der Waals surface area contributed by atoms with Crippen LogP contribution in [-0.2, 0) is 9.59 Å². The molecule has 0 aromatic rings. The van der Waals surface area contributed by atoms with Crippen LogP contribution in [0, 0.1) is 33.5 Å². The number of amides is 2. The van der Waals surface area contributed by atoms with Crippen LogP contribution in [0.4, 0.5) is 0 Å². The molecule has 12 heavy (non-hydrogen) atoms. The van der Waals surface area contributed by atoms with E-state index in [1.165, 1.54) is 0 Å². The highest BCUT2D eigenvalue weighted by Gasteiger charge is 2.83. The first-order valence-corrected chi connectivity index (χ1v) is 3.31. The SMILES string of the molecule is N#C[C@@]12C[C@]1(C#N)C(=O)NC2=O. The maximum absolute atomic E-state index is 11.0. The molecule has 2 atom stereocenters. The molecule has 5 nitrogen and oxygen atoms in total. The monoisotopic (exact) mass is 161 g/mol. The van der Waals surface area contributed by atoms with E-state index >= 15 is 0 Å². The molecule has 0 aromatic carbocycles. The Bertz CT molecular complexity index is 352. The minimum absolute atomic E-state index is 0.0532. The zero-order chi connectivity index (χ0) is 8.98. The van der Waals surface area contributed by atoms with Gasteiger partial charge in [-0.3, -0.25) is 14.9 Å². The number of fused-ring (bicyclic) bond motifs is 1. The number of carbonyl (C=O) groups excluding carboxylic acids is 2. The van der Waals surface area contributed by atoms with Crippen LogP contribution in [0.1, 0.15) is 6.42 Å². The van der Waals surface area contributed by atoms with E-state index in [-0.39, 0.29) is 6.42 Å². The van der Waals surface area contributed by atoms with Crippen molar-refractivity contribution < 1.29 is 9.59 Å². The number of imide groups is 1. The van der Waals surface area contributed by atoms with E-state index in [1.54, 1.807) is 12.1 Å². The predicted molar refractivity (Wildman–Crippen MR) is 33.9 cm³/mol. The number of hydrogen-bond donors (Lipinski definition) is 1. The molecule has 1 saturated heterocycles. The highest BCUT2D eigenvalue weighted by atomic mass is 16.2. The van der Waals surface area contributed by atoms with Crippen molar-refractivity contribution in [3.8, 4) is 12.1 Å². The lowest BCUT2D eigenvalue weighted by atomic mass is 9.98. The normalized spacial score (nSPS) is 42.5. The van der Waals surface area contributed by atoms with E-state index in [9.17, 15) is 9.59 Å². The Balaban J connectivity index is 2.58. The minimum atomic E-state index is -1.38. The highest BCUT2D eigenvalue weighted by Crippen LogP contribution is 2.66. The van der Waals surface area contributed by atoms with Crippen molar-refractivity contribution in [2.24, 2.45) is 10.8 Å². The summed E-state index contributed by atoms with van der Waals surface area (Å²) < 4.78 is 0. The average Bonchev–Trinajstić information content (AvgIpc) is 2.70. The van der Waals surface area contributed by atoms with Gasteiger partial charge in [0.15, 0.2) is 10.8 Å². The Morgan fingerprint density at radius 3 is 1.83 bits per heavy atom. The molecule has 1 heterocycles. The summed E-state index contributed by atoms with van der Waals surface area (Å²) in [4.78, 5) is 22.1. The fourth-order valence-electron chi connectivity index (χ4n) is 1.59. The second-order valence-corrected chi connectivity index (χ2v) is 2.99. The van der Waals surface area contributed by atoms with E-state index < -0.39 is 22.6 Å². The molecule has 0 spiro atoms. The van der Waals surface area contributed by atoms with Crippen LogP contribution in [0.25, 0.3) is 0 Å². The number of nitriles is 2. The first-order valence-electron chi connectivity index (χ1n) is 3.31. The molecule has 1 aliphatic carbocycles. The van der Waals surface area contributed by atoms with Gasteiger partial charge in [0, 0.05) is 6.42 Å². The molecule has 2 amide bonds. The third-order valence-electron chi connectivity index (χ3n) is 2.52. The first-order chi connectivity index (χ1) is 5.63. The highest BCUT2D eigenvalue weighted by molar-refractivity contribution is 6.17. The second-order valence-electron chi connectivity index (χ2n) is 2.99. The number of piperidine rings is 1. The van der Waals surface area contributed by atoms with Crippen molar-refractivity contribution in [2.75, 3.05) is 0 Å². The maximum atomic E-state index is 11.0. The average molecular weight is 161 g/mol. The van der Waals surface area contributed by atoms with Gasteiger partial charge in [0.1, 0.15) is 0 Å². The van der Waals surface area contributed by atoms with Crippen LogP contribution >= 0.6 is 0 Å². The number of nitrogens with zero attached hydrogens (tertiary/aromatic N) is 2. The molecular weight excluding hydrogens is 158 g/mol. The largest absolute Gasteiger partial charge is 0.294 e. The van der Waals surface area contributed by atoms with Gasteiger partial charge < -0.3 is 0 Å². The van der Waals surface area contributed by atoms with Gasteiger partial charge >= 0.3 is 0 Å². The van der Waals surface area contributed by atoms with Crippen molar-refractivity contribution in [3.63, 3.8) is 0 Å². The number of hydrogen-bond acceptors (Lipinski definition) is 4. The van der Waals surface area contributed by atoms with Crippen molar-refractivity contribution in [3.05, 3.63) is 0 Å². The Hall–Kier alpha value is -1.88. The van der Waals surface area contributed by atoms with Crippen LogP contribution in [0.15, 0.2) is 0 Å². The van der Waals surface area contributed by atoms with Crippen LogP contribution in [0.5, 0.6) is 0 Å². The van der Waals surface area contributed by atoms with E-state index in [2.05, 4.69) is 0 Å². The topological polar surface area (TPSA) is 93.8 Å². The molecule has 0 bridgehead atoms. The molecule has 2 aliphatic rings. The Morgan fingerprint density at radius 2 is 1.58 bits per heavy atom. The summed E-state index contributed by atoms with van der Waals surface area (Å²) in [5, 5.41) is 19.3. The van der Waals surface area contributed by atoms with Gasteiger partial charge in [0.2, 0.25) is 11.8 Å². The van der Waals surface area contributed by atoms with E-state index in [0.29, 0.717) is 0 Å². The lowest BCUT2D eigenvalue weighted by Gasteiger charge is -1.93. The van der Waals surface area contributed by atoms with Gasteiger partial charge in [-0.2, -0.15) is 10.5 Å². The van der Waals surface area contributed by atoms with Gasteiger partial charge in [-0.05, 0) is 0 Å². The van der Waals surface area contributed by atoms with Gasteiger partial charge in [-0.1, -0.05) is 0 Å². The molecule has 0 radical (unpaired) electrons. The number of rotatable bonds is 0. The molecule has 2 fully saturated rings. The second kappa shape index (κ2) is 1.49. The van der Waals surface area contributed by atoms with Crippen molar-refractivity contribution in [2.45, 2.75) is 6.42 Å². The zero-order valence-corrected chi connectivity index (χ0v) is 5.92. The van der Waals surface area contributed by atoms with Gasteiger partial charge in [0.05, 0.1) is 12.1 Å². The number of carbonyl (C=O) groups is 2. The summed E-state index contributed by atoms with van der Waals surface area (Å²) in [6.45, 7) is 0. The predicted octanol–water partition coefficient (Wildman–Crippen LogP) is -0.934. The zero-order valence-electron chi connectivity index (χ0n) is 5.92. The van der Waals surface area contributed by atoms with Crippen LogP contribution in [0.2, 0.25) is 0 Å². The van der Waals surface area contributed by atoms with Crippen molar-refractivity contribution in [1.29, 1.82) is 10.5 Å². The summed E-state index contributed by atoms with van der Waals surface area (Å²) >= 11 is 0. The molecule has 1 N–H and O–H groups in total. The Labute approximate surface area is 67.6 Å². The van der Waals surface area contributed by atoms with Gasteiger partial charge in [-0.25, -0.2) is 0 Å². The molecule has 1 aliphatic heterocycles. The minimum Gasteiger partial charge on any atom is -0.294 e. The molecule has 2 rings (SSSR count). The summed E-state index contributed by atoms with van der Waals surface area (Å²) in [5.74, 6) is -1.26. The summed E-state index contributed by atoms with van der Waals surface area (Å²) in [5.41, 5.74) is -2.75. The fourth-order valence-corrected chi connectivity index (χ4v) is 1.59. The number of nitrogens with one attached hydrogen (secondary N) is 1. The standard InChI is InChI=1S/C7H3N3O2/c8-2-6-1-7(6,3-9)5(12)10-4(6)11/h1H2,(H,10,11,12)/t6-,7+. The lowest BCUT2D eigenvalue weighted by Crippen LogP contribution is -2.28. The molecular formula is C7H3N3O2. The third kappa shape index (κ3) is 0.375. The van der Waals surface area contributed by atoms with Gasteiger partial charge in [-0.15, -0.1) is 0 Å². The van der Waals surface area contributed by atoms with Crippen LogP contribution in [0.3, 0.4) is 0 Å².